The molecule has 0 aliphatic heterocycles. The van der Waals surface area contributed by atoms with Gasteiger partial charge in [0.05, 0.1) is 18.2 Å². The third-order valence-electron chi connectivity index (χ3n) is 2.45. The SMILES string of the molecule is [B]CCC(Br)C(=O)NCc1ccc(C(F)(F)F)cc1. The van der Waals surface area contributed by atoms with Crippen LogP contribution in [0.15, 0.2) is 24.3 Å². The van der Waals surface area contributed by atoms with Crippen LogP contribution in [-0.2, 0) is 17.5 Å². The summed E-state index contributed by atoms with van der Waals surface area (Å²) < 4.78 is 37.0. The van der Waals surface area contributed by atoms with Crippen molar-refractivity contribution < 1.29 is 18.0 Å². The number of benzene rings is 1. The first-order valence-corrected chi connectivity index (χ1v) is 6.54. The molecule has 0 saturated carbocycles. The molecule has 2 radical (unpaired) electrons. The Kier molecular flexibility index (Phi) is 5.91. The van der Waals surface area contributed by atoms with E-state index in [4.69, 9.17) is 7.85 Å². The molecule has 2 nitrogen and oxygen atoms in total. The lowest BCUT2D eigenvalue weighted by Gasteiger charge is -2.11. The van der Waals surface area contributed by atoms with Crippen LogP contribution in [0.2, 0.25) is 6.32 Å². The average molecular weight is 334 g/mol. The number of nitrogens with one attached hydrogen (secondary N) is 1. The topological polar surface area (TPSA) is 29.1 Å². The monoisotopic (exact) mass is 333 g/mol. The van der Waals surface area contributed by atoms with Gasteiger partial charge in [0.25, 0.3) is 0 Å². The number of carbonyl (C=O) groups excluding carboxylic acids is 1. The van der Waals surface area contributed by atoms with Gasteiger partial charge < -0.3 is 5.32 Å². The van der Waals surface area contributed by atoms with E-state index in [-0.39, 0.29) is 17.3 Å². The van der Waals surface area contributed by atoms with Gasteiger partial charge in [-0.05, 0) is 24.1 Å². The van der Waals surface area contributed by atoms with Crippen LogP contribution >= 0.6 is 15.9 Å². The predicted octanol–water partition coefficient (Wildman–Crippen LogP) is 3.06. The van der Waals surface area contributed by atoms with Crippen LogP contribution in [0.3, 0.4) is 0 Å². The minimum atomic E-state index is -4.34. The molecule has 1 rings (SSSR count). The molecule has 0 bridgehead atoms. The maximum absolute atomic E-state index is 12.3. The summed E-state index contributed by atoms with van der Waals surface area (Å²) in [5.41, 5.74) is -0.0992. The van der Waals surface area contributed by atoms with E-state index in [0.29, 0.717) is 18.3 Å². The van der Waals surface area contributed by atoms with Gasteiger partial charge in [-0.2, -0.15) is 13.2 Å². The number of amides is 1. The van der Waals surface area contributed by atoms with Crippen LogP contribution in [0, 0.1) is 0 Å². The van der Waals surface area contributed by atoms with E-state index in [2.05, 4.69) is 21.2 Å². The second-order valence-electron chi connectivity index (χ2n) is 3.96. The standard InChI is InChI=1S/C12H12BBrF3NO/c13-6-5-10(14)11(19)18-7-8-1-3-9(4-2-8)12(15,16)17/h1-4,10H,5-7H2,(H,18,19). The highest BCUT2D eigenvalue weighted by Gasteiger charge is 2.29. The van der Waals surface area contributed by atoms with Gasteiger partial charge >= 0.3 is 6.18 Å². The molecule has 0 heterocycles. The maximum atomic E-state index is 12.3. The second kappa shape index (κ2) is 6.98. The van der Waals surface area contributed by atoms with Crippen LogP contribution in [-0.4, -0.2) is 18.6 Å². The van der Waals surface area contributed by atoms with Crippen molar-refractivity contribution in [3.8, 4) is 0 Å². The molecule has 1 atom stereocenters. The summed E-state index contributed by atoms with van der Waals surface area (Å²) in [6.07, 6.45) is -3.47. The summed E-state index contributed by atoms with van der Waals surface area (Å²) in [7, 11) is 5.32. The van der Waals surface area contributed by atoms with E-state index in [9.17, 15) is 18.0 Å². The fourth-order valence-corrected chi connectivity index (χ4v) is 1.82. The Morgan fingerprint density at radius 2 is 1.89 bits per heavy atom. The molecule has 0 aliphatic rings. The van der Waals surface area contributed by atoms with Crippen molar-refractivity contribution in [1.82, 2.24) is 5.32 Å². The molecule has 0 saturated heterocycles. The van der Waals surface area contributed by atoms with Gasteiger partial charge in [0.1, 0.15) is 0 Å². The summed E-state index contributed by atoms with van der Waals surface area (Å²) >= 11 is 3.17. The van der Waals surface area contributed by atoms with Crippen molar-refractivity contribution in [3.05, 3.63) is 35.4 Å². The van der Waals surface area contributed by atoms with E-state index >= 15 is 0 Å². The van der Waals surface area contributed by atoms with Crippen molar-refractivity contribution in [3.63, 3.8) is 0 Å². The van der Waals surface area contributed by atoms with Gasteiger partial charge in [-0.1, -0.05) is 34.4 Å². The number of carbonyl (C=O) groups is 1. The molecule has 7 heteroatoms. The van der Waals surface area contributed by atoms with E-state index in [0.717, 1.165) is 12.1 Å². The van der Waals surface area contributed by atoms with E-state index in [1.807, 2.05) is 0 Å². The second-order valence-corrected chi connectivity index (χ2v) is 5.06. The third-order valence-corrected chi connectivity index (χ3v) is 3.33. The van der Waals surface area contributed by atoms with Crippen molar-refractivity contribution in [2.45, 2.75) is 30.3 Å². The molecule has 102 valence electrons. The van der Waals surface area contributed by atoms with E-state index in [1.54, 1.807) is 0 Å². The zero-order chi connectivity index (χ0) is 14.5. The zero-order valence-electron chi connectivity index (χ0n) is 10.0. The molecule has 1 amide bonds. The molecule has 0 aromatic heterocycles. The number of rotatable bonds is 5. The Morgan fingerprint density at radius 1 is 1.32 bits per heavy atom. The Labute approximate surface area is 119 Å². The van der Waals surface area contributed by atoms with Crippen molar-refractivity contribution in [2.75, 3.05) is 0 Å². The smallest absolute Gasteiger partial charge is 0.351 e. The first-order valence-electron chi connectivity index (χ1n) is 5.62. The summed E-state index contributed by atoms with van der Waals surface area (Å²) in [6, 6.07) is 4.67. The molecule has 1 aromatic rings. The van der Waals surface area contributed by atoms with Gasteiger partial charge in [0, 0.05) is 6.54 Å². The first-order chi connectivity index (χ1) is 8.84. The van der Waals surface area contributed by atoms with Crippen LogP contribution in [0.25, 0.3) is 0 Å². The summed E-state index contributed by atoms with van der Waals surface area (Å²) in [4.78, 5) is 11.2. The highest BCUT2D eigenvalue weighted by atomic mass is 79.9. The number of hydrogen-bond acceptors (Lipinski definition) is 1. The van der Waals surface area contributed by atoms with Gasteiger partial charge in [0.15, 0.2) is 0 Å². The summed E-state index contributed by atoms with van der Waals surface area (Å²) in [5, 5.41) is 2.62. The molecule has 1 N–H and O–H groups in total. The predicted molar refractivity (Wildman–Crippen MR) is 71.2 cm³/mol. The number of alkyl halides is 4. The fourth-order valence-electron chi connectivity index (χ4n) is 1.39. The Balaban J connectivity index is 2.53. The number of hydrogen-bond donors (Lipinski definition) is 1. The van der Waals surface area contributed by atoms with Crippen LogP contribution in [0.5, 0.6) is 0 Å². The summed E-state index contributed by atoms with van der Waals surface area (Å²) in [5.74, 6) is -0.231. The highest BCUT2D eigenvalue weighted by Crippen LogP contribution is 2.29. The lowest BCUT2D eigenvalue weighted by Crippen LogP contribution is -2.30. The van der Waals surface area contributed by atoms with Gasteiger partial charge in [-0.25, -0.2) is 0 Å². The molecule has 1 unspecified atom stereocenters. The molecule has 1 aromatic carbocycles. The van der Waals surface area contributed by atoms with Crippen molar-refractivity contribution in [2.24, 2.45) is 0 Å². The lowest BCUT2D eigenvalue weighted by molar-refractivity contribution is -0.137. The lowest BCUT2D eigenvalue weighted by atomic mass is 10.0. The molecule has 19 heavy (non-hydrogen) atoms. The Hall–Kier alpha value is -0.975. The third kappa shape index (κ3) is 5.26. The molecule has 0 fully saturated rings. The van der Waals surface area contributed by atoms with Gasteiger partial charge in [-0.3, -0.25) is 4.79 Å². The van der Waals surface area contributed by atoms with Gasteiger partial charge in [-0.15, -0.1) is 0 Å². The zero-order valence-corrected chi connectivity index (χ0v) is 11.6. The minimum Gasteiger partial charge on any atom is -0.351 e. The number of halogens is 4. The largest absolute Gasteiger partial charge is 0.416 e. The quantitative estimate of drug-likeness (QED) is 0.651. The first kappa shape index (κ1) is 16.1. The van der Waals surface area contributed by atoms with Gasteiger partial charge in [0.2, 0.25) is 5.91 Å². The van der Waals surface area contributed by atoms with Crippen molar-refractivity contribution in [1.29, 1.82) is 0 Å². The minimum absolute atomic E-state index is 0.184. The molecule has 0 spiro atoms. The molecular formula is C12H12BBrF3NO. The highest BCUT2D eigenvalue weighted by molar-refractivity contribution is 9.10. The van der Waals surface area contributed by atoms with E-state index < -0.39 is 11.7 Å². The molecular weight excluding hydrogens is 322 g/mol. The van der Waals surface area contributed by atoms with Crippen LogP contribution < -0.4 is 5.32 Å². The normalized spacial score (nSPS) is 13.1. The van der Waals surface area contributed by atoms with Crippen LogP contribution in [0.4, 0.5) is 13.2 Å². The van der Waals surface area contributed by atoms with Crippen molar-refractivity contribution >= 4 is 29.7 Å². The Bertz CT molecular complexity index is 422. The fraction of sp³-hybridized carbons (Fsp3) is 0.417. The van der Waals surface area contributed by atoms with Crippen LogP contribution in [0.1, 0.15) is 17.5 Å². The van der Waals surface area contributed by atoms with E-state index in [1.165, 1.54) is 12.1 Å². The average Bonchev–Trinajstić information content (AvgIpc) is 2.35. The Morgan fingerprint density at radius 3 is 2.37 bits per heavy atom. The summed E-state index contributed by atoms with van der Waals surface area (Å²) in [6.45, 7) is 0.184. The maximum Gasteiger partial charge on any atom is 0.416 e. The molecule has 0 aliphatic carbocycles.